The lowest BCUT2D eigenvalue weighted by Crippen LogP contribution is -2.47. The highest BCUT2D eigenvalue weighted by Crippen LogP contribution is 2.22. The predicted molar refractivity (Wildman–Crippen MR) is 110 cm³/mol. The van der Waals surface area contributed by atoms with E-state index in [1.54, 1.807) is 0 Å². The number of morpholine rings is 1. The van der Waals surface area contributed by atoms with Gasteiger partial charge in [0.05, 0.1) is 19.3 Å². The van der Waals surface area contributed by atoms with Gasteiger partial charge >= 0.3 is 0 Å². The number of ether oxygens (including phenoxy) is 1. The number of hydrogen-bond acceptors (Lipinski definition) is 4. The molecule has 2 aliphatic rings. The first-order valence-electron chi connectivity index (χ1n) is 9.51. The van der Waals surface area contributed by atoms with Crippen molar-refractivity contribution in [2.45, 2.75) is 36.8 Å². The van der Waals surface area contributed by atoms with E-state index in [0.29, 0.717) is 12.6 Å². The zero-order valence-corrected chi connectivity index (χ0v) is 17.0. The number of thioether (sulfide) groups is 1. The van der Waals surface area contributed by atoms with E-state index in [1.807, 2.05) is 23.9 Å². The number of aliphatic imine (C=N–C) groups is 1. The molecule has 2 fully saturated rings. The Morgan fingerprint density at radius 1 is 1.35 bits per heavy atom. The monoisotopic (exact) mass is 396 g/mol. The molecule has 2 saturated heterocycles. The van der Waals surface area contributed by atoms with Crippen molar-refractivity contribution in [1.29, 1.82) is 0 Å². The highest BCUT2D eigenvalue weighted by molar-refractivity contribution is 7.99. The minimum atomic E-state index is 0.211. The Morgan fingerprint density at radius 2 is 2.19 bits per heavy atom. The number of halogens is 1. The van der Waals surface area contributed by atoms with E-state index in [-0.39, 0.29) is 6.10 Å². The summed E-state index contributed by atoms with van der Waals surface area (Å²) in [5.74, 6) is 1.85. The quantitative estimate of drug-likeness (QED) is 0.321. The molecule has 1 aromatic carbocycles. The summed E-state index contributed by atoms with van der Waals surface area (Å²) in [6.07, 6.45) is 2.80. The van der Waals surface area contributed by atoms with Crippen LogP contribution < -0.4 is 10.6 Å². The Hall–Kier alpha value is -0.950. The van der Waals surface area contributed by atoms with Gasteiger partial charge in [-0.1, -0.05) is 11.6 Å². The van der Waals surface area contributed by atoms with Crippen LogP contribution in [0.15, 0.2) is 34.2 Å². The van der Waals surface area contributed by atoms with Crippen LogP contribution in [0.2, 0.25) is 5.02 Å². The Kier molecular flexibility index (Phi) is 7.92. The molecule has 0 amide bonds. The van der Waals surface area contributed by atoms with Gasteiger partial charge in [-0.2, -0.15) is 0 Å². The first kappa shape index (κ1) is 19.8. The molecule has 3 rings (SSSR count). The summed E-state index contributed by atoms with van der Waals surface area (Å²) < 4.78 is 5.99. The van der Waals surface area contributed by atoms with Gasteiger partial charge in [-0.3, -0.25) is 9.89 Å². The minimum absolute atomic E-state index is 0.211. The van der Waals surface area contributed by atoms with E-state index in [9.17, 15) is 0 Å². The van der Waals surface area contributed by atoms with Crippen LogP contribution >= 0.6 is 23.4 Å². The predicted octanol–water partition coefficient (Wildman–Crippen LogP) is 2.85. The van der Waals surface area contributed by atoms with E-state index in [2.05, 4.69) is 34.6 Å². The molecule has 0 radical (unpaired) electrons. The molecule has 0 saturated carbocycles. The Morgan fingerprint density at radius 3 is 3.00 bits per heavy atom. The molecule has 0 aliphatic carbocycles. The topological polar surface area (TPSA) is 48.9 Å². The number of benzene rings is 1. The van der Waals surface area contributed by atoms with Gasteiger partial charge in [0.2, 0.25) is 0 Å². The maximum Gasteiger partial charge on any atom is 0.191 e. The molecule has 0 spiro atoms. The molecular formula is C19H29ClN4OS. The molecule has 144 valence electrons. The Balaban J connectivity index is 1.39. The van der Waals surface area contributed by atoms with Crippen molar-refractivity contribution in [2.24, 2.45) is 4.99 Å². The number of fused-ring (bicyclic) bond motifs is 1. The van der Waals surface area contributed by atoms with E-state index in [0.717, 1.165) is 43.0 Å². The van der Waals surface area contributed by atoms with E-state index < -0.39 is 0 Å². The number of guanidine groups is 1. The molecule has 26 heavy (non-hydrogen) atoms. The van der Waals surface area contributed by atoms with Gasteiger partial charge in [0, 0.05) is 41.3 Å². The maximum atomic E-state index is 5.99. The Labute approximate surface area is 165 Å². The summed E-state index contributed by atoms with van der Waals surface area (Å²) in [6.45, 7) is 7.61. The zero-order valence-electron chi connectivity index (χ0n) is 15.4. The highest BCUT2D eigenvalue weighted by atomic mass is 35.5. The normalized spacial score (nSPS) is 23.7. The summed E-state index contributed by atoms with van der Waals surface area (Å²) in [4.78, 5) is 8.52. The summed E-state index contributed by atoms with van der Waals surface area (Å²) in [7, 11) is 0. The zero-order chi connectivity index (χ0) is 18.2. The average Bonchev–Trinajstić information content (AvgIpc) is 3.12. The molecule has 2 unspecified atom stereocenters. The smallest absolute Gasteiger partial charge is 0.191 e. The van der Waals surface area contributed by atoms with Gasteiger partial charge in [0.25, 0.3) is 0 Å². The fourth-order valence-electron chi connectivity index (χ4n) is 3.40. The first-order valence-corrected chi connectivity index (χ1v) is 10.9. The SMILES string of the molecule is CCNC(=NCC1CN2CCCC2CO1)NCCSc1ccc(Cl)cc1. The molecule has 7 heteroatoms. The van der Waals surface area contributed by atoms with Crippen molar-refractivity contribution in [1.82, 2.24) is 15.5 Å². The van der Waals surface area contributed by atoms with Crippen molar-refractivity contribution in [3.05, 3.63) is 29.3 Å². The molecule has 2 atom stereocenters. The van der Waals surface area contributed by atoms with Crippen molar-refractivity contribution in [3.8, 4) is 0 Å². The van der Waals surface area contributed by atoms with Crippen LogP contribution in [0.1, 0.15) is 19.8 Å². The van der Waals surface area contributed by atoms with Crippen LogP contribution in [0.5, 0.6) is 0 Å². The third-order valence-corrected chi connectivity index (χ3v) is 6.00. The summed E-state index contributed by atoms with van der Waals surface area (Å²) in [5, 5.41) is 7.51. The number of nitrogens with one attached hydrogen (secondary N) is 2. The second kappa shape index (κ2) is 10.4. The van der Waals surface area contributed by atoms with Crippen LogP contribution in [-0.2, 0) is 4.74 Å². The van der Waals surface area contributed by atoms with Gasteiger partial charge < -0.3 is 15.4 Å². The molecule has 5 nitrogen and oxygen atoms in total. The van der Waals surface area contributed by atoms with Crippen LogP contribution in [-0.4, -0.2) is 68.1 Å². The Bertz CT molecular complexity index is 583. The molecule has 2 N–H and O–H groups in total. The number of rotatable bonds is 7. The molecule has 0 aromatic heterocycles. The van der Waals surface area contributed by atoms with Crippen molar-refractivity contribution in [3.63, 3.8) is 0 Å². The van der Waals surface area contributed by atoms with Gasteiger partial charge in [-0.15, -0.1) is 11.8 Å². The number of hydrogen-bond donors (Lipinski definition) is 2. The van der Waals surface area contributed by atoms with Crippen molar-refractivity contribution in [2.75, 3.05) is 45.1 Å². The summed E-state index contributed by atoms with van der Waals surface area (Å²) in [5.41, 5.74) is 0. The molecule has 1 aromatic rings. The van der Waals surface area contributed by atoms with Crippen LogP contribution in [0.4, 0.5) is 0 Å². The third kappa shape index (κ3) is 6.05. The lowest BCUT2D eigenvalue weighted by atomic mass is 10.2. The van der Waals surface area contributed by atoms with Gasteiger partial charge in [0.1, 0.15) is 0 Å². The van der Waals surface area contributed by atoms with Gasteiger partial charge in [-0.05, 0) is 50.6 Å². The van der Waals surface area contributed by atoms with Crippen LogP contribution in [0.25, 0.3) is 0 Å². The van der Waals surface area contributed by atoms with Crippen molar-refractivity contribution < 1.29 is 4.74 Å². The molecule has 2 heterocycles. The first-order chi connectivity index (χ1) is 12.7. The fraction of sp³-hybridized carbons (Fsp3) is 0.632. The summed E-state index contributed by atoms with van der Waals surface area (Å²) >= 11 is 7.73. The minimum Gasteiger partial charge on any atom is -0.373 e. The summed E-state index contributed by atoms with van der Waals surface area (Å²) in [6, 6.07) is 8.61. The van der Waals surface area contributed by atoms with Gasteiger partial charge in [0.15, 0.2) is 5.96 Å². The van der Waals surface area contributed by atoms with Crippen molar-refractivity contribution >= 4 is 29.3 Å². The van der Waals surface area contributed by atoms with Crippen LogP contribution in [0, 0.1) is 0 Å². The number of nitrogens with zero attached hydrogens (tertiary/aromatic N) is 2. The maximum absolute atomic E-state index is 5.99. The molecule has 0 bridgehead atoms. The lowest BCUT2D eigenvalue weighted by molar-refractivity contribution is -0.0432. The molecule has 2 aliphatic heterocycles. The van der Waals surface area contributed by atoms with Gasteiger partial charge in [-0.25, -0.2) is 0 Å². The van der Waals surface area contributed by atoms with E-state index in [1.165, 1.54) is 24.3 Å². The largest absolute Gasteiger partial charge is 0.373 e. The third-order valence-electron chi connectivity index (χ3n) is 4.74. The highest BCUT2D eigenvalue weighted by Gasteiger charge is 2.31. The second-order valence-electron chi connectivity index (χ2n) is 6.70. The van der Waals surface area contributed by atoms with E-state index >= 15 is 0 Å². The fourth-order valence-corrected chi connectivity index (χ4v) is 4.29. The second-order valence-corrected chi connectivity index (χ2v) is 8.30. The van der Waals surface area contributed by atoms with Crippen LogP contribution in [0.3, 0.4) is 0 Å². The molecular weight excluding hydrogens is 368 g/mol. The van der Waals surface area contributed by atoms with E-state index in [4.69, 9.17) is 21.3 Å². The average molecular weight is 397 g/mol. The standard InChI is InChI=1S/C19H29ClN4OS/c1-2-21-19(22-9-11-26-18-7-5-15(20)6-8-18)23-12-17-13-24-10-3-4-16(24)14-25-17/h5-8,16-17H,2-4,9-14H2,1H3,(H2,21,22,23). The lowest BCUT2D eigenvalue weighted by Gasteiger charge is -2.34.